The van der Waals surface area contributed by atoms with Crippen molar-refractivity contribution in [3.05, 3.63) is 71.8 Å². The molecule has 0 bridgehead atoms. The van der Waals surface area contributed by atoms with Gasteiger partial charge in [0.25, 0.3) is 0 Å². The molecule has 0 aliphatic heterocycles. The van der Waals surface area contributed by atoms with Gasteiger partial charge in [-0.25, -0.2) is 0 Å². The summed E-state index contributed by atoms with van der Waals surface area (Å²) in [6.45, 7) is 9.00. The summed E-state index contributed by atoms with van der Waals surface area (Å²) in [7, 11) is 0. The highest BCUT2D eigenvalue weighted by Crippen LogP contribution is 2.36. The fourth-order valence-electron chi connectivity index (χ4n) is 2.96. The average Bonchev–Trinajstić information content (AvgIpc) is 2.51. The second-order valence-corrected chi connectivity index (χ2v) is 6.92. The lowest BCUT2D eigenvalue weighted by molar-refractivity contribution is 0.591. The molecule has 0 atom stereocenters. The largest absolute Gasteiger partial charge is 0.0917 e. The molecule has 0 saturated carbocycles. The fraction of sp³-hybridized carbons (Fsp3) is 0.364. The van der Waals surface area contributed by atoms with E-state index in [0.717, 1.165) is 12.8 Å². The molecule has 0 heterocycles. The smallest absolute Gasteiger partial charge is 0.0114 e. The molecule has 0 spiro atoms. The van der Waals surface area contributed by atoms with Crippen molar-refractivity contribution in [1.82, 2.24) is 0 Å². The molecule has 2 rings (SSSR count). The van der Waals surface area contributed by atoms with Crippen LogP contribution in [-0.4, -0.2) is 0 Å². The number of rotatable bonds is 5. The van der Waals surface area contributed by atoms with Gasteiger partial charge in [-0.2, -0.15) is 0 Å². The van der Waals surface area contributed by atoms with E-state index in [2.05, 4.69) is 88.4 Å². The molecule has 0 N–H and O–H groups in total. The Morgan fingerprint density at radius 1 is 0.909 bits per heavy atom. The maximum Gasteiger partial charge on any atom is -0.0114 e. The van der Waals surface area contributed by atoms with E-state index >= 15 is 0 Å². The molecular weight excluding hydrogens is 264 g/mol. The maximum atomic E-state index is 2.30. The van der Waals surface area contributed by atoms with Crippen LogP contribution in [0, 0.1) is 0 Å². The van der Waals surface area contributed by atoms with Gasteiger partial charge in [-0.15, -0.1) is 0 Å². The third-order valence-electron chi connectivity index (χ3n) is 4.07. The number of hydrogen-bond acceptors (Lipinski definition) is 0. The van der Waals surface area contributed by atoms with Gasteiger partial charge in [-0.3, -0.25) is 0 Å². The van der Waals surface area contributed by atoms with Gasteiger partial charge in [0.05, 0.1) is 0 Å². The Labute approximate surface area is 135 Å². The lowest BCUT2D eigenvalue weighted by Gasteiger charge is -2.25. The van der Waals surface area contributed by atoms with E-state index in [9.17, 15) is 0 Å². The molecule has 0 fully saturated rings. The Morgan fingerprint density at radius 2 is 1.64 bits per heavy atom. The van der Waals surface area contributed by atoms with Crippen molar-refractivity contribution in [3.8, 4) is 11.1 Å². The Morgan fingerprint density at radius 3 is 2.27 bits per heavy atom. The van der Waals surface area contributed by atoms with E-state index in [1.165, 1.54) is 28.7 Å². The number of hydrogen-bond donors (Lipinski definition) is 0. The highest BCUT2D eigenvalue weighted by Gasteiger charge is 2.20. The number of aryl methyl sites for hydroxylation is 1. The lowest BCUT2D eigenvalue weighted by Crippen LogP contribution is -2.14. The minimum atomic E-state index is 0.157. The van der Waals surface area contributed by atoms with E-state index in [4.69, 9.17) is 0 Å². The zero-order chi connectivity index (χ0) is 16.0. The first-order chi connectivity index (χ1) is 10.5. The first-order valence-corrected chi connectivity index (χ1v) is 8.33. The zero-order valence-corrected chi connectivity index (χ0v) is 14.4. The predicted octanol–water partition coefficient (Wildman–Crippen LogP) is 6.55. The molecule has 0 radical (unpaired) electrons. The highest BCUT2D eigenvalue weighted by atomic mass is 14.2. The van der Waals surface area contributed by atoms with Gasteiger partial charge in [-0.05, 0) is 53.9 Å². The summed E-state index contributed by atoms with van der Waals surface area (Å²) < 4.78 is 0. The minimum absolute atomic E-state index is 0.157. The molecular formula is C22H28. The topological polar surface area (TPSA) is 0 Å². The Bertz CT molecular complexity index is 612. The molecule has 0 nitrogen and oxygen atoms in total. The van der Waals surface area contributed by atoms with E-state index in [-0.39, 0.29) is 5.41 Å². The summed E-state index contributed by atoms with van der Waals surface area (Å²) in [5.74, 6) is 0. The normalized spacial score (nSPS) is 12.0. The third-order valence-corrected chi connectivity index (χ3v) is 4.07. The molecule has 0 aromatic heterocycles. The second-order valence-electron chi connectivity index (χ2n) is 6.92. The average molecular weight is 292 g/mol. The van der Waals surface area contributed by atoms with Gasteiger partial charge >= 0.3 is 0 Å². The summed E-state index contributed by atoms with van der Waals surface area (Å²) in [5, 5.41) is 0. The van der Waals surface area contributed by atoms with Crippen LogP contribution in [0.4, 0.5) is 0 Å². The Hall–Kier alpha value is -1.82. The van der Waals surface area contributed by atoms with Crippen LogP contribution in [0.1, 0.15) is 51.7 Å². The van der Waals surface area contributed by atoms with Gasteiger partial charge in [0.15, 0.2) is 0 Å². The molecule has 2 aromatic carbocycles. The molecule has 2 aromatic rings. The van der Waals surface area contributed by atoms with Crippen molar-refractivity contribution in [1.29, 1.82) is 0 Å². The predicted molar refractivity (Wildman–Crippen MR) is 98.3 cm³/mol. The summed E-state index contributed by atoms with van der Waals surface area (Å²) in [6.07, 6.45) is 7.90. The van der Waals surface area contributed by atoms with Crippen molar-refractivity contribution in [2.24, 2.45) is 0 Å². The lowest BCUT2D eigenvalue weighted by atomic mass is 9.79. The van der Waals surface area contributed by atoms with Crippen LogP contribution in [0.5, 0.6) is 0 Å². The van der Waals surface area contributed by atoms with Crippen molar-refractivity contribution >= 4 is 0 Å². The van der Waals surface area contributed by atoms with Gasteiger partial charge in [-0.1, -0.05) is 81.5 Å². The van der Waals surface area contributed by atoms with Crippen LogP contribution in [0.15, 0.2) is 60.7 Å². The van der Waals surface area contributed by atoms with Gasteiger partial charge < -0.3 is 0 Å². The summed E-state index contributed by atoms with van der Waals surface area (Å²) in [6, 6.07) is 17.6. The second kappa shape index (κ2) is 7.45. The molecule has 0 amide bonds. The summed E-state index contributed by atoms with van der Waals surface area (Å²) in [5.41, 5.74) is 5.86. The Balaban J connectivity index is 2.45. The van der Waals surface area contributed by atoms with Crippen molar-refractivity contribution in [2.75, 3.05) is 0 Å². The van der Waals surface area contributed by atoms with Crippen LogP contribution >= 0.6 is 0 Å². The summed E-state index contributed by atoms with van der Waals surface area (Å²) >= 11 is 0. The van der Waals surface area contributed by atoms with Crippen molar-refractivity contribution in [2.45, 2.75) is 52.4 Å². The van der Waals surface area contributed by atoms with E-state index < -0.39 is 0 Å². The SMILES string of the molecule is CC=CCCCc1cccc(C(C)(C)C)c1-c1ccccc1. The molecule has 0 aliphatic rings. The van der Waals surface area contributed by atoms with Gasteiger partial charge in [0, 0.05) is 0 Å². The van der Waals surface area contributed by atoms with Crippen LogP contribution in [0.3, 0.4) is 0 Å². The van der Waals surface area contributed by atoms with E-state index in [1.807, 2.05) is 0 Å². The van der Waals surface area contributed by atoms with Crippen LogP contribution in [0.25, 0.3) is 11.1 Å². The number of unbranched alkanes of at least 4 members (excludes halogenated alkanes) is 1. The van der Waals surface area contributed by atoms with E-state index in [1.54, 1.807) is 0 Å². The van der Waals surface area contributed by atoms with E-state index in [0.29, 0.717) is 0 Å². The van der Waals surface area contributed by atoms with Gasteiger partial charge in [0.1, 0.15) is 0 Å². The van der Waals surface area contributed by atoms with Crippen LogP contribution < -0.4 is 0 Å². The third kappa shape index (κ3) is 4.10. The van der Waals surface area contributed by atoms with Crippen molar-refractivity contribution < 1.29 is 0 Å². The van der Waals surface area contributed by atoms with Crippen molar-refractivity contribution in [3.63, 3.8) is 0 Å². The standard InChI is InChI=1S/C22H28/c1-5-6-7-9-13-19-16-12-17-20(22(2,3)4)21(19)18-14-10-8-11-15-18/h5-6,8,10-12,14-17H,7,9,13H2,1-4H3. The number of benzene rings is 2. The van der Waals surface area contributed by atoms with Crippen LogP contribution in [0.2, 0.25) is 0 Å². The molecule has 0 aliphatic carbocycles. The minimum Gasteiger partial charge on any atom is -0.0917 e. The Kier molecular flexibility index (Phi) is 5.60. The van der Waals surface area contributed by atoms with Gasteiger partial charge in [0.2, 0.25) is 0 Å². The monoisotopic (exact) mass is 292 g/mol. The molecule has 116 valence electrons. The molecule has 0 unspecified atom stereocenters. The first kappa shape index (κ1) is 16.5. The fourth-order valence-corrected chi connectivity index (χ4v) is 2.96. The molecule has 0 saturated heterocycles. The first-order valence-electron chi connectivity index (χ1n) is 8.33. The zero-order valence-electron chi connectivity index (χ0n) is 14.4. The summed E-state index contributed by atoms with van der Waals surface area (Å²) in [4.78, 5) is 0. The maximum absolute atomic E-state index is 2.30. The van der Waals surface area contributed by atoms with Crippen LogP contribution in [-0.2, 0) is 11.8 Å². The molecule has 22 heavy (non-hydrogen) atoms. The number of allylic oxidation sites excluding steroid dienone is 2. The quantitative estimate of drug-likeness (QED) is 0.433. The highest BCUT2D eigenvalue weighted by molar-refractivity contribution is 5.72. The molecule has 0 heteroatoms.